The van der Waals surface area contributed by atoms with Crippen molar-refractivity contribution in [2.24, 2.45) is 0 Å². The molecule has 2 heterocycles. The van der Waals surface area contributed by atoms with Crippen LogP contribution in [0.5, 0.6) is 5.75 Å². The van der Waals surface area contributed by atoms with Gasteiger partial charge in [0.25, 0.3) is 0 Å². The van der Waals surface area contributed by atoms with E-state index < -0.39 is 10.0 Å². The minimum absolute atomic E-state index is 0.138. The SMILES string of the molecule is CCN(CC)CCCS(=O)(=O)N1CC[C@H]1c1nc(-c2ccc(OC)cc2)no1. The number of hydrogen-bond acceptors (Lipinski definition) is 7. The van der Waals surface area contributed by atoms with Gasteiger partial charge in [0.15, 0.2) is 0 Å². The molecule has 28 heavy (non-hydrogen) atoms. The van der Waals surface area contributed by atoms with Crippen molar-refractivity contribution in [1.82, 2.24) is 19.3 Å². The summed E-state index contributed by atoms with van der Waals surface area (Å²) in [6.45, 7) is 7.31. The summed E-state index contributed by atoms with van der Waals surface area (Å²) in [5, 5.41) is 4.01. The molecule has 1 aliphatic rings. The lowest BCUT2D eigenvalue weighted by Crippen LogP contribution is -2.46. The molecule has 1 saturated heterocycles. The van der Waals surface area contributed by atoms with Gasteiger partial charge in [-0.15, -0.1) is 0 Å². The first-order chi connectivity index (χ1) is 13.5. The number of ether oxygens (including phenoxy) is 1. The van der Waals surface area contributed by atoms with Gasteiger partial charge in [-0.3, -0.25) is 0 Å². The van der Waals surface area contributed by atoms with E-state index in [1.165, 1.54) is 4.31 Å². The van der Waals surface area contributed by atoms with Gasteiger partial charge in [-0.1, -0.05) is 19.0 Å². The fourth-order valence-corrected chi connectivity index (χ4v) is 4.99. The van der Waals surface area contributed by atoms with Gasteiger partial charge in [-0.2, -0.15) is 9.29 Å². The summed E-state index contributed by atoms with van der Waals surface area (Å²) in [6, 6.07) is 6.97. The summed E-state index contributed by atoms with van der Waals surface area (Å²) in [5.41, 5.74) is 0.795. The molecule has 1 aromatic heterocycles. The molecule has 2 aromatic rings. The molecule has 1 aliphatic heterocycles. The van der Waals surface area contributed by atoms with Gasteiger partial charge < -0.3 is 14.2 Å². The van der Waals surface area contributed by atoms with Crippen LogP contribution in [0.1, 0.15) is 38.6 Å². The first kappa shape index (κ1) is 20.8. The van der Waals surface area contributed by atoms with Crippen molar-refractivity contribution in [3.63, 3.8) is 0 Å². The average Bonchev–Trinajstić information content (AvgIpc) is 3.13. The van der Waals surface area contributed by atoms with E-state index in [9.17, 15) is 8.42 Å². The second kappa shape index (κ2) is 9.02. The number of methoxy groups -OCH3 is 1. The number of rotatable bonds is 10. The zero-order valence-corrected chi connectivity index (χ0v) is 17.5. The third-order valence-electron chi connectivity index (χ3n) is 5.17. The third-order valence-corrected chi connectivity index (χ3v) is 7.13. The van der Waals surface area contributed by atoms with Crippen molar-refractivity contribution in [1.29, 1.82) is 0 Å². The summed E-state index contributed by atoms with van der Waals surface area (Å²) in [4.78, 5) is 6.65. The Morgan fingerprint density at radius 2 is 1.96 bits per heavy atom. The zero-order chi connectivity index (χ0) is 20.1. The van der Waals surface area contributed by atoms with Crippen molar-refractivity contribution >= 4 is 10.0 Å². The van der Waals surface area contributed by atoms with Gasteiger partial charge in [0.05, 0.1) is 12.9 Å². The maximum absolute atomic E-state index is 12.7. The highest BCUT2D eigenvalue weighted by Gasteiger charge is 2.41. The molecule has 0 saturated carbocycles. The normalized spacial score (nSPS) is 17.6. The number of nitrogens with zero attached hydrogens (tertiary/aromatic N) is 4. The van der Waals surface area contributed by atoms with E-state index in [0.29, 0.717) is 31.1 Å². The molecule has 0 N–H and O–H groups in total. The predicted molar refractivity (Wildman–Crippen MR) is 107 cm³/mol. The van der Waals surface area contributed by atoms with Crippen LogP contribution < -0.4 is 4.74 Å². The molecule has 0 radical (unpaired) electrons. The predicted octanol–water partition coefficient (Wildman–Crippen LogP) is 2.55. The molecular weight excluding hydrogens is 380 g/mol. The van der Waals surface area contributed by atoms with Crippen LogP contribution in [0.25, 0.3) is 11.4 Å². The Kier molecular flexibility index (Phi) is 6.69. The minimum Gasteiger partial charge on any atom is -0.497 e. The maximum Gasteiger partial charge on any atom is 0.245 e. The van der Waals surface area contributed by atoms with E-state index in [-0.39, 0.29) is 11.8 Å². The van der Waals surface area contributed by atoms with Crippen LogP contribution in [0.4, 0.5) is 0 Å². The largest absolute Gasteiger partial charge is 0.497 e. The van der Waals surface area contributed by atoms with E-state index in [2.05, 4.69) is 28.9 Å². The molecule has 0 aliphatic carbocycles. The molecule has 8 nitrogen and oxygen atoms in total. The smallest absolute Gasteiger partial charge is 0.245 e. The van der Waals surface area contributed by atoms with Crippen molar-refractivity contribution < 1.29 is 17.7 Å². The van der Waals surface area contributed by atoms with Crippen LogP contribution in [0.2, 0.25) is 0 Å². The summed E-state index contributed by atoms with van der Waals surface area (Å²) >= 11 is 0. The molecule has 154 valence electrons. The van der Waals surface area contributed by atoms with Gasteiger partial charge in [-0.25, -0.2) is 8.42 Å². The maximum atomic E-state index is 12.7. The molecule has 0 amide bonds. The Balaban J connectivity index is 1.63. The standard InChI is InChI=1S/C19H28N4O4S/c1-4-22(5-2)12-6-14-28(24,25)23-13-11-17(23)19-20-18(21-27-19)15-7-9-16(26-3)10-8-15/h7-10,17H,4-6,11-14H2,1-3H3/t17-/m0/s1. The molecule has 1 fully saturated rings. The van der Waals surface area contributed by atoms with E-state index in [1.807, 2.05) is 24.3 Å². The summed E-state index contributed by atoms with van der Waals surface area (Å²) < 4.78 is 37.4. The number of benzene rings is 1. The Morgan fingerprint density at radius 1 is 1.25 bits per heavy atom. The van der Waals surface area contributed by atoms with Crippen LogP contribution in [-0.4, -0.2) is 66.8 Å². The Hall–Kier alpha value is -1.97. The van der Waals surface area contributed by atoms with Crippen molar-refractivity contribution in [2.75, 3.05) is 39.0 Å². The van der Waals surface area contributed by atoms with E-state index in [0.717, 1.165) is 30.9 Å². The first-order valence-electron chi connectivity index (χ1n) is 9.68. The zero-order valence-electron chi connectivity index (χ0n) is 16.7. The highest BCUT2D eigenvalue weighted by Crippen LogP contribution is 2.36. The molecule has 1 atom stereocenters. The van der Waals surface area contributed by atoms with Gasteiger partial charge >= 0.3 is 0 Å². The van der Waals surface area contributed by atoms with Crippen LogP contribution in [-0.2, 0) is 10.0 Å². The van der Waals surface area contributed by atoms with Crippen LogP contribution >= 0.6 is 0 Å². The van der Waals surface area contributed by atoms with E-state index in [1.54, 1.807) is 7.11 Å². The number of hydrogen-bond donors (Lipinski definition) is 0. The van der Waals surface area contributed by atoms with Crippen LogP contribution in [0, 0.1) is 0 Å². The summed E-state index contributed by atoms with van der Waals surface area (Å²) in [7, 11) is -1.73. The fraction of sp³-hybridized carbons (Fsp3) is 0.579. The second-order valence-electron chi connectivity index (χ2n) is 6.80. The van der Waals surface area contributed by atoms with Gasteiger partial charge in [-0.05, 0) is 56.7 Å². The van der Waals surface area contributed by atoms with Crippen molar-refractivity contribution in [3.05, 3.63) is 30.2 Å². The minimum atomic E-state index is -3.33. The van der Waals surface area contributed by atoms with Gasteiger partial charge in [0, 0.05) is 12.1 Å². The number of aromatic nitrogens is 2. The van der Waals surface area contributed by atoms with Gasteiger partial charge in [0.1, 0.15) is 11.8 Å². The lowest BCUT2D eigenvalue weighted by Gasteiger charge is -2.37. The second-order valence-corrected chi connectivity index (χ2v) is 8.84. The highest BCUT2D eigenvalue weighted by atomic mass is 32.2. The van der Waals surface area contributed by atoms with Gasteiger partial charge in [0.2, 0.25) is 21.7 Å². The molecule has 9 heteroatoms. The Bertz CT molecular complexity index is 862. The summed E-state index contributed by atoms with van der Waals surface area (Å²) in [5.74, 6) is 1.68. The molecule has 3 rings (SSSR count). The number of sulfonamides is 1. The third kappa shape index (κ3) is 4.53. The van der Waals surface area contributed by atoms with E-state index >= 15 is 0 Å². The van der Waals surface area contributed by atoms with Crippen LogP contribution in [0.3, 0.4) is 0 Å². The topological polar surface area (TPSA) is 88.8 Å². The lowest BCUT2D eigenvalue weighted by atomic mass is 10.1. The average molecular weight is 409 g/mol. The van der Waals surface area contributed by atoms with E-state index in [4.69, 9.17) is 9.26 Å². The van der Waals surface area contributed by atoms with Crippen LogP contribution in [0.15, 0.2) is 28.8 Å². The molecule has 0 spiro atoms. The quantitative estimate of drug-likeness (QED) is 0.597. The first-order valence-corrected chi connectivity index (χ1v) is 11.3. The molecule has 0 unspecified atom stereocenters. The monoisotopic (exact) mass is 408 g/mol. The Morgan fingerprint density at radius 3 is 2.54 bits per heavy atom. The van der Waals surface area contributed by atoms with Crippen molar-refractivity contribution in [2.45, 2.75) is 32.7 Å². The fourth-order valence-electron chi connectivity index (χ4n) is 3.30. The molecule has 0 bridgehead atoms. The molecular formula is C19H28N4O4S. The summed E-state index contributed by atoms with van der Waals surface area (Å²) in [6.07, 6.45) is 1.31. The highest BCUT2D eigenvalue weighted by molar-refractivity contribution is 7.89. The van der Waals surface area contributed by atoms with Crippen molar-refractivity contribution in [3.8, 4) is 17.1 Å². The Labute approximate surface area is 166 Å². The molecule has 1 aromatic carbocycles. The lowest BCUT2D eigenvalue weighted by molar-refractivity contribution is 0.157.